The zero-order chi connectivity index (χ0) is 22.2. The molecule has 1 amide bonds. The average molecular weight is 443 g/mol. The van der Waals surface area contributed by atoms with E-state index < -0.39 is 11.9 Å². The minimum Gasteiger partial charge on any atom is -0.379 e. The van der Waals surface area contributed by atoms with E-state index in [1.165, 1.54) is 18.2 Å². The van der Waals surface area contributed by atoms with Crippen LogP contribution in [0.1, 0.15) is 17.5 Å². The molecule has 2 saturated heterocycles. The van der Waals surface area contributed by atoms with Crippen molar-refractivity contribution in [3.8, 4) is 0 Å². The Bertz CT molecular complexity index is 994. The summed E-state index contributed by atoms with van der Waals surface area (Å²) in [5, 5.41) is 5.94. The number of hydrogen-bond donors (Lipinski definition) is 2. The average Bonchev–Trinajstić information content (AvgIpc) is 3.45. The van der Waals surface area contributed by atoms with Crippen molar-refractivity contribution in [2.24, 2.45) is 0 Å². The summed E-state index contributed by atoms with van der Waals surface area (Å²) in [6, 6.07) is 7.61. The predicted molar refractivity (Wildman–Crippen MR) is 120 cm³/mol. The van der Waals surface area contributed by atoms with Crippen molar-refractivity contribution in [1.29, 1.82) is 0 Å². The zero-order valence-corrected chi connectivity index (χ0v) is 18.2. The van der Waals surface area contributed by atoms with Gasteiger partial charge in [-0.1, -0.05) is 6.07 Å². The van der Waals surface area contributed by atoms with Gasteiger partial charge in [-0.3, -0.25) is 9.69 Å². The molecule has 2 N–H and O–H groups in total. The molecule has 2 aromatic rings. The summed E-state index contributed by atoms with van der Waals surface area (Å²) in [5.74, 6) is -1.01. The highest BCUT2D eigenvalue weighted by Gasteiger charge is 2.31. The van der Waals surface area contributed by atoms with Crippen LogP contribution in [-0.4, -0.2) is 62.3 Å². The summed E-state index contributed by atoms with van der Waals surface area (Å²) < 4.78 is 34.0. The van der Waals surface area contributed by atoms with E-state index in [1.54, 1.807) is 6.07 Å². The molecule has 0 aliphatic carbocycles. The predicted octanol–water partition coefficient (Wildman–Crippen LogP) is 3.16. The third-order valence-corrected chi connectivity index (χ3v) is 6.75. The van der Waals surface area contributed by atoms with Crippen molar-refractivity contribution in [3.05, 3.63) is 53.1 Å². The van der Waals surface area contributed by atoms with Crippen LogP contribution in [0, 0.1) is 18.6 Å². The number of amides is 1. The molecule has 3 aliphatic rings. The lowest BCUT2D eigenvalue weighted by Gasteiger charge is -2.32. The Morgan fingerprint density at radius 2 is 1.97 bits per heavy atom. The molecule has 0 radical (unpaired) electrons. The van der Waals surface area contributed by atoms with Crippen molar-refractivity contribution in [1.82, 2.24) is 4.90 Å². The first kappa shape index (κ1) is 21.2. The van der Waals surface area contributed by atoms with E-state index in [9.17, 15) is 13.6 Å². The normalized spacial score (nSPS) is 23.2. The van der Waals surface area contributed by atoms with E-state index in [-0.39, 0.29) is 18.1 Å². The SMILES string of the molecule is Cc1ccc(F)c2c1NC(C(=O)Nc1cc(F)cc(N3CC[C@H](N4CCOCC4)C3)c1)C2. The molecule has 3 aliphatic heterocycles. The molecular weight excluding hydrogens is 414 g/mol. The lowest BCUT2D eigenvalue weighted by molar-refractivity contribution is -0.116. The van der Waals surface area contributed by atoms with Crippen LogP contribution in [0.3, 0.4) is 0 Å². The molecule has 0 saturated carbocycles. The van der Waals surface area contributed by atoms with Gasteiger partial charge >= 0.3 is 0 Å². The number of aryl methyl sites for hydroxylation is 1. The highest BCUT2D eigenvalue weighted by atomic mass is 19.1. The molecule has 2 fully saturated rings. The topological polar surface area (TPSA) is 56.8 Å². The molecule has 8 heteroatoms. The standard InChI is InChI=1S/C24H28F2N4O2/c1-15-2-3-21(26)20-13-22(28-23(15)20)24(31)27-17-10-16(25)11-19(12-17)30-5-4-18(14-30)29-6-8-32-9-7-29/h2-3,10-12,18,22,28H,4-9,13-14H2,1H3,(H,27,31)/t18-,22?/m0/s1. The van der Waals surface area contributed by atoms with Crippen LogP contribution in [0.2, 0.25) is 0 Å². The molecular formula is C24H28F2N4O2. The second-order valence-electron chi connectivity index (χ2n) is 8.84. The van der Waals surface area contributed by atoms with Crippen LogP contribution in [0.5, 0.6) is 0 Å². The van der Waals surface area contributed by atoms with Crippen molar-refractivity contribution in [3.63, 3.8) is 0 Å². The van der Waals surface area contributed by atoms with Crippen LogP contribution in [0.4, 0.5) is 25.8 Å². The number of hydrogen-bond acceptors (Lipinski definition) is 5. The van der Waals surface area contributed by atoms with Gasteiger partial charge in [0.05, 0.1) is 13.2 Å². The third-order valence-electron chi connectivity index (χ3n) is 6.75. The minimum absolute atomic E-state index is 0.268. The summed E-state index contributed by atoms with van der Waals surface area (Å²) >= 11 is 0. The van der Waals surface area contributed by atoms with E-state index in [0.29, 0.717) is 23.0 Å². The Balaban J connectivity index is 1.26. The number of benzene rings is 2. The molecule has 0 spiro atoms. The van der Waals surface area contributed by atoms with Crippen molar-refractivity contribution >= 4 is 23.0 Å². The zero-order valence-electron chi connectivity index (χ0n) is 18.2. The van der Waals surface area contributed by atoms with Gasteiger partial charge in [0, 0.05) is 61.3 Å². The molecule has 6 nitrogen and oxygen atoms in total. The fraction of sp³-hybridized carbons (Fsp3) is 0.458. The number of fused-ring (bicyclic) bond motifs is 1. The monoisotopic (exact) mass is 442 g/mol. The Morgan fingerprint density at radius 1 is 1.16 bits per heavy atom. The number of halogens is 2. The first-order chi connectivity index (χ1) is 15.5. The first-order valence-electron chi connectivity index (χ1n) is 11.2. The molecule has 170 valence electrons. The van der Waals surface area contributed by atoms with Gasteiger partial charge in [0.1, 0.15) is 17.7 Å². The van der Waals surface area contributed by atoms with Gasteiger partial charge in [-0.15, -0.1) is 0 Å². The lowest BCUT2D eigenvalue weighted by Crippen LogP contribution is -2.44. The Hall–Kier alpha value is -2.71. The second-order valence-corrected chi connectivity index (χ2v) is 8.84. The van der Waals surface area contributed by atoms with Crippen molar-refractivity contribution in [2.75, 3.05) is 54.9 Å². The Kier molecular flexibility index (Phi) is 5.73. The van der Waals surface area contributed by atoms with Gasteiger partial charge in [0.25, 0.3) is 0 Å². The summed E-state index contributed by atoms with van der Waals surface area (Å²) in [6.45, 7) is 6.93. The van der Waals surface area contributed by atoms with Crippen molar-refractivity contribution in [2.45, 2.75) is 31.8 Å². The quantitative estimate of drug-likeness (QED) is 0.762. The number of ether oxygens (including phenoxy) is 1. The first-order valence-corrected chi connectivity index (χ1v) is 11.2. The van der Waals surface area contributed by atoms with Gasteiger partial charge in [0.15, 0.2) is 0 Å². The van der Waals surface area contributed by atoms with E-state index in [2.05, 4.69) is 20.4 Å². The van der Waals surface area contributed by atoms with Crippen LogP contribution >= 0.6 is 0 Å². The Labute approximate surface area is 186 Å². The number of morpholine rings is 1. The highest BCUT2D eigenvalue weighted by molar-refractivity contribution is 5.98. The number of rotatable bonds is 4. The molecule has 2 atom stereocenters. The fourth-order valence-corrected chi connectivity index (χ4v) is 5.00. The maximum atomic E-state index is 14.4. The second kappa shape index (κ2) is 8.67. The molecule has 2 aromatic carbocycles. The maximum absolute atomic E-state index is 14.4. The van der Waals surface area contributed by atoms with Gasteiger partial charge in [-0.2, -0.15) is 0 Å². The van der Waals surface area contributed by atoms with Crippen LogP contribution in [-0.2, 0) is 16.0 Å². The van der Waals surface area contributed by atoms with E-state index >= 15 is 0 Å². The van der Waals surface area contributed by atoms with Gasteiger partial charge in [-0.25, -0.2) is 8.78 Å². The van der Waals surface area contributed by atoms with E-state index in [4.69, 9.17) is 4.74 Å². The molecule has 0 aromatic heterocycles. The number of carbonyl (C=O) groups excluding carboxylic acids is 1. The molecule has 0 bridgehead atoms. The molecule has 5 rings (SSSR count). The third kappa shape index (κ3) is 4.17. The van der Waals surface area contributed by atoms with Crippen molar-refractivity contribution < 1.29 is 18.3 Å². The largest absolute Gasteiger partial charge is 0.379 e. The number of anilines is 3. The Morgan fingerprint density at radius 3 is 2.75 bits per heavy atom. The van der Waals surface area contributed by atoms with Gasteiger partial charge in [-0.05, 0) is 43.2 Å². The number of carbonyl (C=O) groups is 1. The molecule has 32 heavy (non-hydrogen) atoms. The smallest absolute Gasteiger partial charge is 0.247 e. The summed E-state index contributed by atoms with van der Waals surface area (Å²) in [6.07, 6.45) is 1.29. The lowest BCUT2D eigenvalue weighted by atomic mass is 10.1. The van der Waals surface area contributed by atoms with Crippen LogP contribution in [0.15, 0.2) is 30.3 Å². The molecule has 1 unspecified atom stereocenters. The maximum Gasteiger partial charge on any atom is 0.247 e. The van der Waals surface area contributed by atoms with E-state index in [0.717, 1.165) is 57.1 Å². The van der Waals surface area contributed by atoms with Crippen LogP contribution in [0.25, 0.3) is 0 Å². The summed E-state index contributed by atoms with van der Waals surface area (Å²) in [5.41, 5.74) is 3.27. The van der Waals surface area contributed by atoms with Gasteiger partial charge in [0.2, 0.25) is 5.91 Å². The number of nitrogens with zero attached hydrogens (tertiary/aromatic N) is 2. The van der Waals surface area contributed by atoms with Crippen LogP contribution < -0.4 is 15.5 Å². The van der Waals surface area contributed by atoms with E-state index in [1.807, 2.05) is 13.0 Å². The van der Waals surface area contributed by atoms with Gasteiger partial charge < -0.3 is 20.3 Å². The highest BCUT2D eigenvalue weighted by Crippen LogP contribution is 2.32. The summed E-state index contributed by atoms with van der Waals surface area (Å²) in [4.78, 5) is 17.5. The fourth-order valence-electron chi connectivity index (χ4n) is 5.00. The summed E-state index contributed by atoms with van der Waals surface area (Å²) in [7, 11) is 0. The molecule has 3 heterocycles. The minimum atomic E-state index is -0.593. The number of nitrogens with one attached hydrogen (secondary N) is 2.